The van der Waals surface area contributed by atoms with Crippen molar-refractivity contribution in [2.75, 3.05) is 0 Å². The van der Waals surface area contributed by atoms with E-state index in [9.17, 15) is 0 Å². The van der Waals surface area contributed by atoms with Crippen LogP contribution in [0.2, 0.25) is 0 Å². The molecule has 0 saturated heterocycles. The summed E-state index contributed by atoms with van der Waals surface area (Å²) in [5.74, 6) is 4.04. The van der Waals surface area contributed by atoms with E-state index < -0.39 is 0 Å². The summed E-state index contributed by atoms with van der Waals surface area (Å²) in [6.07, 6.45) is 7.24. The molecule has 0 aliphatic heterocycles. The van der Waals surface area contributed by atoms with Gasteiger partial charge in [-0.3, -0.25) is 0 Å². The Labute approximate surface area is 84.1 Å². The third-order valence-electron chi connectivity index (χ3n) is 3.98. The van der Waals surface area contributed by atoms with Gasteiger partial charge in [0.1, 0.15) is 0 Å². The zero-order chi connectivity index (χ0) is 9.84. The topological polar surface area (TPSA) is 0 Å². The third kappa shape index (κ3) is 3.70. The highest BCUT2D eigenvalue weighted by atomic mass is 14.4. The molecule has 0 spiro atoms. The second-order valence-electron chi connectivity index (χ2n) is 5.29. The average molecular weight is 182 g/mol. The summed E-state index contributed by atoms with van der Waals surface area (Å²) in [5, 5.41) is 0. The molecule has 0 nitrogen and oxygen atoms in total. The largest absolute Gasteiger partial charge is 0.0654 e. The fourth-order valence-electron chi connectivity index (χ4n) is 2.30. The lowest BCUT2D eigenvalue weighted by Crippen LogP contribution is -2.07. The first-order valence-corrected chi connectivity index (χ1v) is 6.15. The fraction of sp³-hybridized carbons (Fsp3) is 1.00. The van der Waals surface area contributed by atoms with E-state index in [1.165, 1.54) is 32.1 Å². The molecule has 1 fully saturated rings. The van der Waals surface area contributed by atoms with E-state index in [1.54, 1.807) is 0 Å². The van der Waals surface area contributed by atoms with E-state index in [4.69, 9.17) is 0 Å². The predicted molar refractivity (Wildman–Crippen MR) is 59.7 cm³/mol. The molecular weight excluding hydrogens is 156 g/mol. The molecule has 4 atom stereocenters. The van der Waals surface area contributed by atoms with Gasteiger partial charge in [-0.2, -0.15) is 0 Å². The fourth-order valence-corrected chi connectivity index (χ4v) is 2.30. The molecule has 0 aromatic carbocycles. The van der Waals surface area contributed by atoms with Crippen molar-refractivity contribution in [3.63, 3.8) is 0 Å². The van der Waals surface area contributed by atoms with E-state index >= 15 is 0 Å². The summed E-state index contributed by atoms with van der Waals surface area (Å²) in [6, 6.07) is 0. The molecule has 0 heterocycles. The van der Waals surface area contributed by atoms with E-state index in [0.717, 1.165) is 23.7 Å². The molecule has 0 aromatic rings. The Balaban J connectivity index is 2.05. The van der Waals surface area contributed by atoms with Crippen LogP contribution in [0.4, 0.5) is 0 Å². The van der Waals surface area contributed by atoms with Gasteiger partial charge in [0.25, 0.3) is 0 Å². The van der Waals surface area contributed by atoms with Crippen molar-refractivity contribution in [2.24, 2.45) is 23.7 Å². The Hall–Kier alpha value is 0. The zero-order valence-corrected chi connectivity index (χ0v) is 9.84. The first-order valence-electron chi connectivity index (χ1n) is 6.15. The van der Waals surface area contributed by atoms with Crippen LogP contribution in [0.15, 0.2) is 0 Å². The van der Waals surface area contributed by atoms with Crippen molar-refractivity contribution in [1.29, 1.82) is 0 Å². The van der Waals surface area contributed by atoms with Gasteiger partial charge in [0, 0.05) is 0 Å². The SMILES string of the molecule is CCCC(C)C(C)CCC1CC1C. The molecule has 0 N–H and O–H groups in total. The minimum absolute atomic E-state index is 0.944. The molecule has 1 aliphatic rings. The van der Waals surface area contributed by atoms with Gasteiger partial charge in [0.2, 0.25) is 0 Å². The number of hydrogen-bond donors (Lipinski definition) is 0. The van der Waals surface area contributed by atoms with Crippen LogP contribution in [-0.4, -0.2) is 0 Å². The Kier molecular flexibility index (Phi) is 4.28. The third-order valence-corrected chi connectivity index (χ3v) is 3.98. The maximum Gasteiger partial charge on any atom is -0.0386 e. The van der Waals surface area contributed by atoms with Crippen molar-refractivity contribution in [3.05, 3.63) is 0 Å². The molecule has 4 unspecified atom stereocenters. The molecule has 0 radical (unpaired) electrons. The first-order chi connectivity index (χ1) is 6.15. The van der Waals surface area contributed by atoms with E-state index in [-0.39, 0.29) is 0 Å². The summed E-state index contributed by atoms with van der Waals surface area (Å²) in [6.45, 7) is 9.55. The van der Waals surface area contributed by atoms with Gasteiger partial charge in [-0.15, -0.1) is 0 Å². The molecule has 1 aliphatic carbocycles. The molecule has 13 heavy (non-hydrogen) atoms. The molecule has 0 heteroatoms. The highest BCUT2D eigenvalue weighted by Gasteiger charge is 2.32. The Morgan fingerprint density at radius 3 is 2.15 bits per heavy atom. The van der Waals surface area contributed by atoms with Crippen LogP contribution in [0.3, 0.4) is 0 Å². The van der Waals surface area contributed by atoms with Gasteiger partial charge in [-0.25, -0.2) is 0 Å². The van der Waals surface area contributed by atoms with Crippen molar-refractivity contribution < 1.29 is 0 Å². The molecule has 0 aromatic heterocycles. The van der Waals surface area contributed by atoms with Gasteiger partial charge in [-0.05, 0) is 36.5 Å². The van der Waals surface area contributed by atoms with Gasteiger partial charge < -0.3 is 0 Å². The summed E-state index contributed by atoms with van der Waals surface area (Å²) in [7, 11) is 0. The zero-order valence-electron chi connectivity index (χ0n) is 9.84. The quantitative estimate of drug-likeness (QED) is 0.567. The monoisotopic (exact) mass is 182 g/mol. The van der Waals surface area contributed by atoms with Crippen LogP contribution in [0, 0.1) is 23.7 Å². The molecule has 0 amide bonds. The van der Waals surface area contributed by atoms with E-state index in [0.29, 0.717) is 0 Å². The maximum atomic E-state index is 2.44. The second kappa shape index (κ2) is 5.02. The predicted octanol–water partition coefficient (Wildman–Crippen LogP) is 4.49. The van der Waals surface area contributed by atoms with Gasteiger partial charge in [0.15, 0.2) is 0 Å². The highest BCUT2D eigenvalue weighted by Crippen LogP contribution is 2.42. The Morgan fingerprint density at radius 1 is 1.15 bits per heavy atom. The Morgan fingerprint density at radius 2 is 1.69 bits per heavy atom. The highest BCUT2D eigenvalue weighted by molar-refractivity contribution is 4.82. The normalized spacial score (nSPS) is 31.4. The smallest absolute Gasteiger partial charge is 0.0386 e. The van der Waals surface area contributed by atoms with E-state index in [1.807, 2.05) is 0 Å². The first kappa shape index (κ1) is 11.1. The molecule has 1 rings (SSSR count). The van der Waals surface area contributed by atoms with Crippen molar-refractivity contribution in [1.82, 2.24) is 0 Å². The summed E-state index contributed by atoms with van der Waals surface area (Å²) in [4.78, 5) is 0. The van der Waals surface area contributed by atoms with Crippen LogP contribution in [0.5, 0.6) is 0 Å². The minimum Gasteiger partial charge on any atom is -0.0654 e. The lowest BCUT2D eigenvalue weighted by atomic mass is 9.87. The van der Waals surface area contributed by atoms with E-state index in [2.05, 4.69) is 27.7 Å². The Bertz CT molecular complexity index is 139. The molecule has 0 bridgehead atoms. The lowest BCUT2D eigenvalue weighted by molar-refractivity contribution is 0.327. The van der Waals surface area contributed by atoms with Crippen LogP contribution in [0.25, 0.3) is 0 Å². The van der Waals surface area contributed by atoms with Gasteiger partial charge in [0.05, 0.1) is 0 Å². The van der Waals surface area contributed by atoms with Crippen LogP contribution >= 0.6 is 0 Å². The van der Waals surface area contributed by atoms with Crippen LogP contribution in [-0.2, 0) is 0 Å². The number of rotatable bonds is 6. The molecular formula is C13H26. The van der Waals surface area contributed by atoms with Gasteiger partial charge >= 0.3 is 0 Å². The maximum absolute atomic E-state index is 2.44. The lowest BCUT2D eigenvalue weighted by Gasteiger charge is -2.18. The number of hydrogen-bond acceptors (Lipinski definition) is 0. The van der Waals surface area contributed by atoms with Crippen LogP contribution < -0.4 is 0 Å². The van der Waals surface area contributed by atoms with Gasteiger partial charge in [-0.1, -0.05) is 47.0 Å². The molecule has 1 saturated carbocycles. The second-order valence-corrected chi connectivity index (χ2v) is 5.29. The van der Waals surface area contributed by atoms with Crippen molar-refractivity contribution in [3.8, 4) is 0 Å². The molecule has 78 valence electrons. The standard InChI is InChI=1S/C13H26/c1-5-6-10(2)11(3)7-8-13-9-12(13)4/h10-13H,5-9H2,1-4H3. The summed E-state index contributed by atoms with van der Waals surface area (Å²) < 4.78 is 0. The van der Waals surface area contributed by atoms with Crippen LogP contribution in [0.1, 0.15) is 59.8 Å². The van der Waals surface area contributed by atoms with Crippen molar-refractivity contribution in [2.45, 2.75) is 59.8 Å². The average Bonchev–Trinajstić information content (AvgIpc) is 2.78. The minimum atomic E-state index is 0.944. The summed E-state index contributed by atoms with van der Waals surface area (Å²) >= 11 is 0. The van der Waals surface area contributed by atoms with Crippen molar-refractivity contribution >= 4 is 0 Å². The summed E-state index contributed by atoms with van der Waals surface area (Å²) in [5.41, 5.74) is 0.